The minimum Gasteiger partial charge on any atom is -0.338 e. The molecule has 1 fully saturated rings. The predicted molar refractivity (Wildman–Crippen MR) is 115 cm³/mol. The first-order chi connectivity index (χ1) is 14.8. The van der Waals surface area contributed by atoms with Crippen molar-refractivity contribution in [2.45, 2.75) is 39.0 Å². The van der Waals surface area contributed by atoms with Crippen molar-refractivity contribution >= 4 is 17.3 Å². The molecule has 0 aliphatic carbocycles. The van der Waals surface area contributed by atoms with Crippen molar-refractivity contribution in [3.8, 4) is 11.4 Å². The van der Waals surface area contributed by atoms with Gasteiger partial charge in [-0.15, -0.1) is 21.5 Å². The summed E-state index contributed by atoms with van der Waals surface area (Å²) in [5.74, 6) is 1.46. The van der Waals surface area contributed by atoms with Crippen LogP contribution in [-0.4, -0.2) is 63.0 Å². The summed E-state index contributed by atoms with van der Waals surface area (Å²) in [6, 6.07) is 9.60. The maximum atomic E-state index is 12.9. The number of aromatic nitrogens is 4. The second-order valence-corrected chi connectivity index (χ2v) is 8.89. The highest BCUT2D eigenvalue weighted by Crippen LogP contribution is 2.26. The minimum absolute atomic E-state index is 0.234. The topological polar surface area (TPSA) is 50.1 Å². The molecule has 0 amide bonds. The van der Waals surface area contributed by atoms with E-state index in [0.717, 1.165) is 28.5 Å². The number of thiazole rings is 1. The van der Waals surface area contributed by atoms with Crippen LogP contribution in [0.15, 0.2) is 35.7 Å². The van der Waals surface area contributed by atoms with Gasteiger partial charge in [0.25, 0.3) is 0 Å². The zero-order valence-corrected chi connectivity index (χ0v) is 18.3. The Kier molecular flexibility index (Phi) is 6.29. The molecule has 0 saturated carbocycles. The second kappa shape index (κ2) is 8.96. The van der Waals surface area contributed by atoms with Gasteiger partial charge in [0.1, 0.15) is 0 Å². The lowest BCUT2D eigenvalue weighted by Gasteiger charge is -2.40. The third-order valence-electron chi connectivity index (χ3n) is 5.45. The highest BCUT2D eigenvalue weighted by molar-refractivity contribution is 7.09. The summed E-state index contributed by atoms with van der Waals surface area (Å²) in [5.41, 5.74) is 1.98. The Bertz CT molecular complexity index is 1000. The Hall–Kier alpha value is -2.46. The van der Waals surface area contributed by atoms with Crippen LogP contribution in [0.4, 0.5) is 19.1 Å². The van der Waals surface area contributed by atoms with E-state index in [4.69, 9.17) is 0 Å². The number of rotatable bonds is 6. The minimum atomic E-state index is -4.19. The molecule has 1 aliphatic rings. The third-order valence-corrected chi connectivity index (χ3v) is 6.27. The number of aryl methyl sites for hydroxylation is 2. The summed E-state index contributed by atoms with van der Waals surface area (Å²) in [6.07, 6.45) is -3.46. The number of benzene rings is 1. The molecule has 10 heteroatoms. The largest absolute Gasteiger partial charge is 0.401 e. The van der Waals surface area contributed by atoms with Gasteiger partial charge in [-0.05, 0) is 13.8 Å². The van der Waals surface area contributed by atoms with Crippen molar-refractivity contribution in [3.05, 3.63) is 46.4 Å². The summed E-state index contributed by atoms with van der Waals surface area (Å²) in [4.78, 5) is 8.07. The van der Waals surface area contributed by atoms with Crippen LogP contribution in [0.5, 0.6) is 0 Å². The zero-order valence-electron chi connectivity index (χ0n) is 17.5. The monoisotopic (exact) mass is 450 g/mol. The molecule has 166 valence electrons. The van der Waals surface area contributed by atoms with Crippen LogP contribution in [0.2, 0.25) is 0 Å². The molecule has 0 spiro atoms. The van der Waals surface area contributed by atoms with Crippen molar-refractivity contribution in [1.82, 2.24) is 24.6 Å². The van der Waals surface area contributed by atoms with Crippen LogP contribution in [0.1, 0.15) is 17.6 Å². The van der Waals surface area contributed by atoms with E-state index in [1.54, 1.807) is 11.3 Å². The molecule has 1 aromatic carbocycles. The van der Waals surface area contributed by atoms with Gasteiger partial charge in [0, 0.05) is 49.6 Å². The van der Waals surface area contributed by atoms with Crippen molar-refractivity contribution in [3.63, 3.8) is 0 Å². The molecule has 3 aromatic rings. The molecule has 1 saturated heterocycles. The van der Waals surface area contributed by atoms with Crippen LogP contribution in [0.25, 0.3) is 11.4 Å². The predicted octanol–water partition coefficient (Wildman–Crippen LogP) is 4.03. The fourth-order valence-electron chi connectivity index (χ4n) is 3.93. The normalized spacial score (nSPS) is 18.0. The van der Waals surface area contributed by atoms with Gasteiger partial charge in [0.2, 0.25) is 5.95 Å². The van der Waals surface area contributed by atoms with Gasteiger partial charge in [-0.25, -0.2) is 4.98 Å². The summed E-state index contributed by atoms with van der Waals surface area (Å²) >= 11 is 1.62. The molecule has 1 atom stereocenters. The molecule has 0 radical (unpaired) electrons. The Morgan fingerprint density at radius 1 is 1.13 bits per heavy atom. The Morgan fingerprint density at radius 2 is 1.90 bits per heavy atom. The molecule has 2 aromatic heterocycles. The van der Waals surface area contributed by atoms with Crippen molar-refractivity contribution in [2.75, 3.05) is 31.1 Å². The SMILES string of the molecule is Cc1nc(CCn2c(-c3ccccc3)nnc2N2CCN(CC(F)(F)F)C(C)C2)cs1. The molecule has 4 rings (SSSR count). The number of alkyl halides is 3. The average Bonchev–Trinajstić information content (AvgIpc) is 3.33. The van der Waals surface area contributed by atoms with Gasteiger partial charge >= 0.3 is 6.18 Å². The number of halogens is 3. The third kappa shape index (κ3) is 5.24. The highest BCUT2D eigenvalue weighted by atomic mass is 32.1. The fourth-order valence-corrected chi connectivity index (χ4v) is 4.57. The van der Waals surface area contributed by atoms with E-state index in [1.807, 2.05) is 49.1 Å². The van der Waals surface area contributed by atoms with Gasteiger partial charge in [-0.1, -0.05) is 30.3 Å². The summed E-state index contributed by atoms with van der Waals surface area (Å²) < 4.78 is 40.7. The molecular weight excluding hydrogens is 425 g/mol. The quantitative estimate of drug-likeness (QED) is 0.568. The first-order valence-electron chi connectivity index (χ1n) is 10.3. The van der Waals surface area contributed by atoms with E-state index < -0.39 is 12.7 Å². The maximum Gasteiger partial charge on any atom is 0.401 e. The molecule has 6 nitrogen and oxygen atoms in total. The van der Waals surface area contributed by atoms with E-state index in [1.165, 1.54) is 4.90 Å². The second-order valence-electron chi connectivity index (χ2n) is 7.83. The first kappa shape index (κ1) is 21.8. The number of hydrogen-bond acceptors (Lipinski definition) is 6. The van der Waals surface area contributed by atoms with Crippen LogP contribution in [0.3, 0.4) is 0 Å². The molecule has 1 unspecified atom stereocenters. The molecule has 1 aliphatic heterocycles. The number of hydrogen-bond donors (Lipinski definition) is 0. The molecular formula is C21H25F3N6S. The Labute approximate surface area is 183 Å². The van der Waals surface area contributed by atoms with Crippen LogP contribution >= 0.6 is 11.3 Å². The van der Waals surface area contributed by atoms with E-state index in [-0.39, 0.29) is 6.04 Å². The molecule has 3 heterocycles. The average molecular weight is 451 g/mol. The standard InChI is InChI=1S/C21H25F3N6S/c1-15-12-28(10-11-29(15)14-21(22,23)24)20-27-26-19(17-6-4-3-5-7-17)30(20)9-8-18-13-31-16(2)25-18/h3-7,13,15H,8-12,14H2,1-2H3. The maximum absolute atomic E-state index is 12.9. The zero-order chi connectivity index (χ0) is 22.0. The Morgan fingerprint density at radius 3 is 2.55 bits per heavy atom. The van der Waals surface area contributed by atoms with Crippen LogP contribution in [-0.2, 0) is 13.0 Å². The van der Waals surface area contributed by atoms with Gasteiger partial charge in [0.15, 0.2) is 5.82 Å². The van der Waals surface area contributed by atoms with E-state index >= 15 is 0 Å². The van der Waals surface area contributed by atoms with Crippen LogP contribution < -0.4 is 4.90 Å². The van der Waals surface area contributed by atoms with E-state index in [2.05, 4.69) is 25.1 Å². The van der Waals surface area contributed by atoms with Gasteiger partial charge in [-0.3, -0.25) is 9.47 Å². The van der Waals surface area contributed by atoms with Gasteiger partial charge < -0.3 is 4.90 Å². The van der Waals surface area contributed by atoms with Crippen molar-refractivity contribution in [2.24, 2.45) is 0 Å². The lowest BCUT2D eigenvalue weighted by atomic mass is 10.2. The van der Waals surface area contributed by atoms with E-state index in [9.17, 15) is 13.2 Å². The molecule has 0 N–H and O–H groups in total. The van der Waals surface area contributed by atoms with Gasteiger partial charge in [0.05, 0.1) is 17.2 Å². The van der Waals surface area contributed by atoms with E-state index in [0.29, 0.717) is 32.1 Å². The highest BCUT2D eigenvalue weighted by Gasteiger charge is 2.36. The summed E-state index contributed by atoms with van der Waals surface area (Å²) in [5, 5.41) is 12.0. The molecule has 0 bridgehead atoms. The van der Waals surface area contributed by atoms with Crippen molar-refractivity contribution < 1.29 is 13.2 Å². The van der Waals surface area contributed by atoms with Crippen molar-refractivity contribution in [1.29, 1.82) is 0 Å². The fraction of sp³-hybridized carbons (Fsp3) is 0.476. The van der Waals surface area contributed by atoms with Crippen LogP contribution in [0, 0.1) is 6.92 Å². The summed E-state index contributed by atoms with van der Waals surface area (Å²) in [6.45, 7) is 4.85. The first-order valence-corrected chi connectivity index (χ1v) is 11.1. The Balaban J connectivity index is 1.58. The molecule has 31 heavy (non-hydrogen) atoms. The smallest absolute Gasteiger partial charge is 0.338 e. The number of nitrogens with zero attached hydrogens (tertiary/aromatic N) is 6. The summed E-state index contributed by atoms with van der Waals surface area (Å²) in [7, 11) is 0. The lowest BCUT2D eigenvalue weighted by molar-refractivity contribution is -0.150. The lowest BCUT2D eigenvalue weighted by Crippen LogP contribution is -2.54. The number of anilines is 1. The number of piperazine rings is 1. The van der Waals surface area contributed by atoms with Gasteiger partial charge in [-0.2, -0.15) is 13.2 Å².